The van der Waals surface area contributed by atoms with Crippen molar-refractivity contribution in [3.63, 3.8) is 0 Å². The first kappa shape index (κ1) is 11.8. The number of para-hydroxylation sites is 1. The van der Waals surface area contributed by atoms with Crippen molar-refractivity contribution in [2.75, 3.05) is 25.9 Å². The van der Waals surface area contributed by atoms with Crippen molar-refractivity contribution in [3.05, 3.63) is 53.6 Å². The Labute approximate surface area is 119 Å². The van der Waals surface area contributed by atoms with Crippen molar-refractivity contribution in [1.82, 2.24) is 4.90 Å². The van der Waals surface area contributed by atoms with Gasteiger partial charge in [0.15, 0.2) is 0 Å². The molecular formula is C17H18N2O. The van der Waals surface area contributed by atoms with Crippen molar-refractivity contribution in [2.45, 2.75) is 11.8 Å². The van der Waals surface area contributed by atoms with Gasteiger partial charge in [-0.3, -0.25) is 0 Å². The van der Waals surface area contributed by atoms with Gasteiger partial charge in [-0.2, -0.15) is 0 Å². The van der Waals surface area contributed by atoms with Gasteiger partial charge in [-0.1, -0.05) is 18.2 Å². The second kappa shape index (κ2) is 4.25. The standard InChI is InChI=1S/C17H18N2O/c1-19-9-14-12-4-2-3-5-16(12)20-17-7-6-11(18)8-13(17)15(14)10-19/h2-8,14-15H,9-10,18H2,1H3. The Morgan fingerprint density at radius 1 is 1.00 bits per heavy atom. The zero-order valence-electron chi connectivity index (χ0n) is 11.5. The van der Waals surface area contributed by atoms with E-state index < -0.39 is 0 Å². The van der Waals surface area contributed by atoms with Gasteiger partial charge in [0.25, 0.3) is 0 Å². The Bertz CT molecular complexity index is 668. The smallest absolute Gasteiger partial charge is 0.131 e. The van der Waals surface area contributed by atoms with Crippen LogP contribution in [0.2, 0.25) is 0 Å². The first-order chi connectivity index (χ1) is 9.72. The Morgan fingerprint density at radius 3 is 2.55 bits per heavy atom. The summed E-state index contributed by atoms with van der Waals surface area (Å²) in [6.07, 6.45) is 0. The number of nitrogens with two attached hydrogens (primary N) is 1. The molecule has 3 heteroatoms. The highest BCUT2D eigenvalue weighted by Crippen LogP contribution is 2.49. The maximum Gasteiger partial charge on any atom is 0.131 e. The molecule has 4 rings (SSSR count). The molecule has 1 fully saturated rings. The summed E-state index contributed by atoms with van der Waals surface area (Å²) in [4.78, 5) is 2.39. The molecule has 2 aromatic rings. The number of fused-ring (bicyclic) bond motifs is 5. The molecule has 0 aliphatic carbocycles. The predicted octanol–water partition coefficient (Wildman–Crippen LogP) is 3.19. The van der Waals surface area contributed by atoms with E-state index in [1.54, 1.807) is 0 Å². The molecule has 2 heterocycles. The van der Waals surface area contributed by atoms with Gasteiger partial charge in [0.2, 0.25) is 0 Å². The quantitative estimate of drug-likeness (QED) is 0.744. The molecule has 1 saturated heterocycles. The van der Waals surface area contributed by atoms with Gasteiger partial charge in [-0.15, -0.1) is 0 Å². The minimum absolute atomic E-state index is 0.460. The minimum Gasteiger partial charge on any atom is -0.457 e. The zero-order chi connectivity index (χ0) is 13.7. The molecule has 3 nitrogen and oxygen atoms in total. The highest BCUT2D eigenvalue weighted by Gasteiger charge is 2.38. The zero-order valence-corrected chi connectivity index (χ0v) is 11.5. The first-order valence-electron chi connectivity index (χ1n) is 7.07. The van der Waals surface area contributed by atoms with E-state index in [9.17, 15) is 0 Å². The number of anilines is 1. The van der Waals surface area contributed by atoms with E-state index in [0.29, 0.717) is 11.8 Å². The maximum atomic E-state index is 6.15. The van der Waals surface area contributed by atoms with E-state index in [1.165, 1.54) is 11.1 Å². The number of nitrogens with zero attached hydrogens (tertiary/aromatic N) is 1. The van der Waals surface area contributed by atoms with E-state index in [4.69, 9.17) is 10.5 Å². The number of nitrogen functional groups attached to an aromatic ring is 1. The third-order valence-electron chi connectivity index (χ3n) is 4.47. The first-order valence-corrected chi connectivity index (χ1v) is 7.07. The van der Waals surface area contributed by atoms with E-state index in [0.717, 1.165) is 30.3 Å². The van der Waals surface area contributed by atoms with E-state index in [1.807, 2.05) is 18.2 Å². The lowest BCUT2D eigenvalue weighted by Crippen LogP contribution is -2.14. The molecule has 0 spiro atoms. The van der Waals surface area contributed by atoms with Gasteiger partial charge >= 0.3 is 0 Å². The van der Waals surface area contributed by atoms with Crippen LogP contribution in [0.25, 0.3) is 0 Å². The Morgan fingerprint density at radius 2 is 1.70 bits per heavy atom. The van der Waals surface area contributed by atoms with Crippen LogP contribution in [0.4, 0.5) is 5.69 Å². The van der Waals surface area contributed by atoms with E-state index in [2.05, 4.69) is 36.2 Å². The molecule has 2 aliphatic rings. The van der Waals surface area contributed by atoms with Gasteiger partial charge < -0.3 is 15.4 Å². The van der Waals surface area contributed by atoms with Crippen LogP contribution >= 0.6 is 0 Å². The molecule has 2 aromatic carbocycles. The van der Waals surface area contributed by atoms with Gasteiger partial charge in [0.05, 0.1) is 0 Å². The summed E-state index contributed by atoms with van der Waals surface area (Å²) in [6.45, 7) is 2.12. The average molecular weight is 266 g/mol. The number of likely N-dealkylation sites (N-methyl/N-ethyl adjacent to an activating group) is 1. The number of ether oxygens (including phenoxy) is 1. The number of hydrogen-bond donors (Lipinski definition) is 1. The lowest BCUT2D eigenvalue weighted by atomic mass is 9.84. The van der Waals surface area contributed by atoms with Crippen LogP contribution in [0.15, 0.2) is 42.5 Å². The summed E-state index contributed by atoms with van der Waals surface area (Å²) in [7, 11) is 2.18. The highest BCUT2D eigenvalue weighted by molar-refractivity contribution is 5.55. The largest absolute Gasteiger partial charge is 0.457 e. The second-order valence-electron chi connectivity index (χ2n) is 5.87. The van der Waals surface area contributed by atoms with Gasteiger partial charge in [0.1, 0.15) is 11.5 Å². The van der Waals surface area contributed by atoms with Crippen LogP contribution in [-0.4, -0.2) is 25.0 Å². The van der Waals surface area contributed by atoms with Crippen molar-refractivity contribution in [3.8, 4) is 11.5 Å². The van der Waals surface area contributed by atoms with Gasteiger partial charge in [-0.05, 0) is 36.9 Å². The molecule has 2 atom stereocenters. The summed E-state index contributed by atoms with van der Waals surface area (Å²) in [5, 5.41) is 0. The molecule has 0 bridgehead atoms. The van der Waals surface area contributed by atoms with Crippen molar-refractivity contribution < 1.29 is 4.74 Å². The van der Waals surface area contributed by atoms with Crippen molar-refractivity contribution >= 4 is 5.69 Å². The summed E-state index contributed by atoms with van der Waals surface area (Å²) < 4.78 is 6.15. The maximum absolute atomic E-state index is 6.15. The van der Waals surface area contributed by atoms with E-state index >= 15 is 0 Å². The third-order valence-corrected chi connectivity index (χ3v) is 4.47. The average Bonchev–Trinajstić information content (AvgIpc) is 2.78. The fraction of sp³-hybridized carbons (Fsp3) is 0.294. The molecule has 2 unspecified atom stereocenters. The topological polar surface area (TPSA) is 38.5 Å². The third kappa shape index (κ3) is 1.70. The lowest BCUT2D eigenvalue weighted by Gasteiger charge is -2.17. The predicted molar refractivity (Wildman–Crippen MR) is 80.3 cm³/mol. The summed E-state index contributed by atoms with van der Waals surface area (Å²) in [6, 6.07) is 14.4. The molecule has 2 aliphatic heterocycles. The Kier molecular flexibility index (Phi) is 2.51. The normalized spacial score (nSPS) is 24.2. The molecule has 2 N–H and O–H groups in total. The van der Waals surface area contributed by atoms with Crippen LogP contribution < -0.4 is 10.5 Å². The molecule has 20 heavy (non-hydrogen) atoms. The Balaban J connectivity index is 1.93. The van der Waals surface area contributed by atoms with Crippen LogP contribution in [0.3, 0.4) is 0 Å². The molecule has 0 aromatic heterocycles. The molecule has 0 saturated carbocycles. The van der Waals surface area contributed by atoms with Crippen LogP contribution in [0, 0.1) is 0 Å². The monoisotopic (exact) mass is 266 g/mol. The molecule has 102 valence electrons. The molecule has 0 radical (unpaired) electrons. The lowest BCUT2D eigenvalue weighted by molar-refractivity contribution is 0.401. The number of likely N-dealkylation sites (tertiary alicyclic amines) is 1. The van der Waals surface area contributed by atoms with Crippen molar-refractivity contribution in [2.24, 2.45) is 0 Å². The van der Waals surface area contributed by atoms with Gasteiger partial charge in [0, 0.05) is 36.2 Å². The van der Waals surface area contributed by atoms with E-state index in [-0.39, 0.29) is 0 Å². The van der Waals surface area contributed by atoms with Crippen LogP contribution in [0.1, 0.15) is 23.0 Å². The van der Waals surface area contributed by atoms with Crippen LogP contribution in [0.5, 0.6) is 11.5 Å². The fourth-order valence-corrected chi connectivity index (χ4v) is 3.58. The van der Waals surface area contributed by atoms with Crippen molar-refractivity contribution in [1.29, 1.82) is 0 Å². The summed E-state index contributed by atoms with van der Waals surface area (Å²) in [5.41, 5.74) is 9.36. The number of hydrogen-bond acceptors (Lipinski definition) is 3. The summed E-state index contributed by atoms with van der Waals surface area (Å²) >= 11 is 0. The van der Waals surface area contributed by atoms with Gasteiger partial charge in [-0.25, -0.2) is 0 Å². The summed E-state index contributed by atoms with van der Waals surface area (Å²) in [5.74, 6) is 2.89. The highest BCUT2D eigenvalue weighted by atomic mass is 16.5. The number of benzene rings is 2. The number of rotatable bonds is 0. The SMILES string of the molecule is CN1CC2c3ccccc3Oc3ccc(N)cc3C2C1. The second-order valence-corrected chi connectivity index (χ2v) is 5.87. The Hall–Kier alpha value is -2.00. The van der Waals surface area contributed by atoms with Crippen LogP contribution in [-0.2, 0) is 0 Å². The fourth-order valence-electron chi connectivity index (χ4n) is 3.58. The molecular weight excluding hydrogens is 248 g/mol. The molecule has 0 amide bonds. The minimum atomic E-state index is 0.460.